The van der Waals surface area contributed by atoms with Gasteiger partial charge in [0, 0.05) is 11.0 Å². The number of sulfonamides is 1. The van der Waals surface area contributed by atoms with Crippen molar-refractivity contribution in [3.63, 3.8) is 0 Å². The van der Waals surface area contributed by atoms with Gasteiger partial charge in [0.25, 0.3) is 15.9 Å². The average molecular weight is 622 g/mol. The number of nitrogens with zero attached hydrogens (tertiary/aromatic N) is 2. The Morgan fingerprint density at radius 1 is 1.05 bits per heavy atom. The van der Waals surface area contributed by atoms with Gasteiger partial charge in [0.15, 0.2) is 16.7 Å². The number of carbonyl (C=O) groups excluding carboxylic acids is 1. The van der Waals surface area contributed by atoms with Crippen LogP contribution in [0.4, 0.5) is 0 Å². The minimum absolute atomic E-state index is 0.0403. The highest BCUT2D eigenvalue weighted by Gasteiger charge is 2.34. The normalized spacial score (nSPS) is 15.9. The molecule has 1 aliphatic heterocycles. The maximum atomic E-state index is 13.1. The molecule has 0 spiro atoms. The van der Waals surface area contributed by atoms with Crippen LogP contribution in [0.2, 0.25) is 0 Å². The first-order valence-corrected chi connectivity index (χ1v) is 15.6. The first-order valence-electron chi connectivity index (χ1n) is 12.5. The monoisotopic (exact) mass is 620 g/mol. The molecule has 1 heterocycles. The van der Waals surface area contributed by atoms with Gasteiger partial charge in [0.1, 0.15) is 0 Å². The standard InChI is InChI=1S/C28H33BrN2O5S2/c1-4-6-7-8-9-10-18-36-24-16-11-21(19-25(24)35-3)20-26-27(32)31(17-5-2)28(37-26)30-38(33,34)23-14-12-22(29)13-15-23/h5,11-16,19-20H,2,4,6-10,17-18H2,1,3H3/b26-20-,30-28?. The lowest BCUT2D eigenvalue weighted by Crippen LogP contribution is -2.29. The van der Waals surface area contributed by atoms with Gasteiger partial charge in [-0.15, -0.1) is 11.0 Å². The van der Waals surface area contributed by atoms with Crippen molar-refractivity contribution < 1.29 is 22.7 Å². The Balaban J connectivity index is 1.76. The van der Waals surface area contributed by atoms with E-state index in [1.165, 1.54) is 48.8 Å². The van der Waals surface area contributed by atoms with Gasteiger partial charge in [0.2, 0.25) is 0 Å². The van der Waals surface area contributed by atoms with Crippen molar-refractivity contribution in [1.29, 1.82) is 0 Å². The molecule has 7 nitrogen and oxygen atoms in total. The number of benzene rings is 2. The van der Waals surface area contributed by atoms with Crippen molar-refractivity contribution in [3.8, 4) is 11.5 Å². The van der Waals surface area contributed by atoms with Crippen molar-refractivity contribution >= 4 is 54.9 Å². The van der Waals surface area contributed by atoms with E-state index in [0.717, 1.165) is 34.6 Å². The van der Waals surface area contributed by atoms with E-state index in [-0.39, 0.29) is 22.5 Å². The number of thioether (sulfide) groups is 1. The number of amides is 1. The third kappa shape index (κ3) is 8.22. The molecule has 1 aliphatic rings. The van der Waals surface area contributed by atoms with Crippen LogP contribution < -0.4 is 9.47 Å². The number of ether oxygens (including phenoxy) is 2. The van der Waals surface area contributed by atoms with E-state index >= 15 is 0 Å². The Morgan fingerprint density at radius 3 is 2.45 bits per heavy atom. The molecule has 0 unspecified atom stereocenters. The van der Waals surface area contributed by atoms with Crippen LogP contribution in [0.5, 0.6) is 11.5 Å². The Labute approximate surface area is 238 Å². The summed E-state index contributed by atoms with van der Waals surface area (Å²) in [5.74, 6) is 0.863. The molecular formula is C28H33BrN2O5S2. The van der Waals surface area contributed by atoms with Crippen molar-refractivity contribution in [2.75, 3.05) is 20.3 Å². The highest BCUT2D eigenvalue weighted by molar-refractivity contribution is 9.10. The minimum atomic E-state index is -4.01. The van der Waals surface area contributed by atoms with Crippen LogP contribution >= 0.6 is 27.7 Å². The van der Waals surface area contributed by atoms with Gasteiger partial charge in [-0.25, -0.2) is 0 Å². The van der Waals surface area contributed by atoms with E-state index < -0.39 is 10.0 Å². The molecule has 1 fully saturated rings. The molecule has 0 bridgehead atoms. The molecule has 10 heteroatoms. The number of unbranched alkanes of at least 4 members (excludes halogenated alkanes) is 5. The summed E-state index contributed by atoms with van der Waals surface area (Å²) in [5.41, 5.74) is 0.722. The van der Waals surface area contributed by atoms with Crippen LogP contribution in [0.1, 0.15) is 51.0 Å². The van der Waals surface area contributed by atoms with Crippen molar-refractivity contribution in [3.05, 3.63) is 70.1 Å². The molecular weight excluding hydrogens is 588 g/mol. The number of hydrogen-bond acceptors (Lipinski definition) is 6. The molecule has 1 amide bonds. The third-order valence-electron chi connectivity index (χ3n) is 5.75. The van der Waals surface area contributed by atoms with E-state index in [1.54, 1.807) is 31.4 Å². The number of carbonyl (C=O) groups is 1. The SMILES string of the molecule is C=CCN1C(=O)/C(=C/c2ccc(OCCCCCCCC)c(OC)c2)SC1=NS(=O)(=O)c1ccc(Br)cc1. The predicted molar refractivity (Wildman–Crippen MR) is 158 cm³/mol. The van der Waals surface area contributed by atoms with Gasteiger partial charge in [-0.1, -0.05) is 67.1 Å². The minimum Gasteiger partial charge on any atom is -0.493 e. The van der Waals surface area contributed by atoms with Gasteiger partial charge >= 0.3 is 0 Å². The lowest BCUT2D eigenvalue weighted by atomic mass is 10.1. The maximum Gasteiger partial charge on any atom is 0.284 e. The highest BCUT2D eigenvalue weighted by atomic mass is 79.9. The fourth-order valence-electron chi connectivity index (χ4n) is 3.74. The smallest absolute Gasteiger partial charge is 0.284 e. The number of halogens is 1. The fourth-order valence-corrected chi connectivity index (χ4v) is 6.19. The first-order chi connectivity index (χ1) is 18.3. The summed E-state index contributed by atoms with van der Waals surface area (Å²) < 4.78 is 41.9. The molecule has 0 N–H and O–H groups in total. The number of hydrogen-bond donors (Lipinski definition) is 0. The summed E-state index contributed by atoms with van der Waals surface area (Å²) in [4.78, 5) is 14.8. The molecule has 1 saturated heterocycles. The zero-order valence-corrected chi connectivity index (χ0v) is 24.9. The summed E-state index contributed by atoms with van der Waals surface area (Å²) in [6, 6.07) is 11.6. The molecule has 204 valence electrons. The third-order valence-corrected chi connectivity index (χ3v) is 8.68. The van der Waals surface area contributed by atoms with Crippen molar-refractivity contribution in [2.45, 2.75) is 50.3 Å². The lowest BCUT2D eigenvalue weighted by molar-refractivity contribution is -0.121. The van der Waals surface area contributed by atoms with Crippen LogP contribution in [0, 0.1) is 0 Å². The maximum absolute atomic E-state index is 13.1. The molecule has 0 saturated carbocycles. The Kier molecular flexibility index (Phi) is 11.5. The van der Waals surface area contributed by atoms with Gasteiger partial charge in [0.05, 0.1) is 23.5 Å². The van der Waals surface area contributed by atoms with Gasteiger partial charge in [-0.3, -0.25) is 9.69 Å². The summed E-state index contributed by atoms with van der Waals surface area (Å²) in [6.07, 6.45) is 10.3. The van der Waals surface area contributed by atoms with E-state index in [4.69, 9.17) is 9.47 Å². The second kappa shape index (κ2) is 14.6. The number of amidine groups is 1. The summed E-state index contributed by atoms with van der Waals surface area (Å²) in [5, 5.41) is 0.0786. The molecule has 0 radical (unpaired) electrons. The Morgan fingerprint density at radius 2 is 1.76 bits per heavy atom. The summed E-state index contributed by atoms with van der Waals surface area (Å²) in [7, 11) is -2.44. The summed E-state index contributed by atoms with van der Waals surface area (Å²) >= 11 is 4.30. The zero-order valence-electron chi connectivity index (χ0n) is 21.7. The van der Waals surface area contributed by atoms with Gasteiger partial charge in [-0.2, -0.15) is 8.42 Å². The van der Waals surface area contributed by atoms with Gasteiger partial charge < -0.3 is 9.47 Å². The van der Waals surface area contributed by atoms with Crippen LogP contribution in [0.15, 0.2) is 73.8 Å². The average Bonchev–Trinajstić information content (AvgIpc) is 3.17. The predicted octanol–water partition coefficient (Wildman–Crippen LogP) is 7.04. The second-order valence-electron chi connectivity index (χ2n) is 8.64. The van der Waals surface area contributed by atoms with E-state index in [9.17, 15) is 13.2 Å². The lowest BCUT2D eigenvalue weighted by Gasteiger charge is -2.12. The van der Waals surface area contributed by atoms with Crippen molar-refractivity contribution in [2.24, 2.45) is 4.40 Å². The zero-order chi connectivity index (χ0) is 27.5. The topological polar surface area (TPSA) is 85.3 Å². The second-order valence-corrected chi connectivity index (χ2v) is 12.2. The molecule has 2 aromatic carbocycles. The first kappa shape index (κ1) is 30.0. The van der Waals surface area contributed by atoms with E-state index in [2.05, 4.69) is 33.8 Å². The van der Waals surface area contributed by atoms with E-state index in [1.807, 2.05) is 12.1 Å². The molecule has 0 aliphatic carbocycles. The van der Waals surface area contributed by atoms with Gasteiger partial charge in [-0.05, 0) is 66.2 Å². The van der Waals surface area contributed by atoms with Crippen LogP contribution in [-0.2, 0) is 14.8 Å². The Hall–Kier alpha value is -2.56. The molecule has 3 rings (SSSR count). The number of rotatable bonds is 14. The molecule has 0 aromatic heterocycles. The quantitative estimate of drug-likeness (QED) is 0.128. The van der Waals surface area contributed by atoms with Crippen LogP contribution in [-0.4, -0.2) is 44.7 Å². The van der Waals surface area contributed by atoms with Crippen LogP contribution in [0.25, 0.3) is 6.08 Å². The molecule has 2 aromatic rings. The molecule has 38 heavy (non-hydrogen) atoms. The summed E-state index contributed by atoms with van der Waals surface area (Å²) in [6.45, 7) is 6.63. The Bertz CT molecular complexity index is 1290. The van der Waals surface area contributed by atoms with Crippen molar-refractivity contribution in [1.82, 2.24) is 4.90 Å². The highest BCUT2D eigenvalue weighted by Crippen LogP contribution is 2.35. The number of methoxy groups -OCH3 is 1. The molecule has 0 atom stereocenters. The largest absolute Gasteiger partial charge is 0.493 e. The van der Waals surface area contributed by atoms with E-state index in [0.29, 0.717) is 23.0 Å². The fraction of sp³-hybridized carbons (Fsp3) is 0.357. The van der Waals surface area contributed by atoms with Crippen LogP contribution in [0.3, 0.4) is 0 Å².